The second-order valence-electron chi connectivity index (χ2n) is 4.18. The van der Waals surface area contributed by atoms with Gasteiger partial charge in [0.25, 0.3) is 0 Å². The fourth-order valence-electron chi connectivity index (χ4n) is 1.70. The molecule has 2 N–H and O–H groups in total. The molecule has 0 aliphatic heterocycles. The molecule has 7 heteroatoms. The van der Waals surface area contributed by atoms with Crippen molar-refractivity contribution < 1.29 is 12.8 Å². The van der Waals surface area contributed by atoms with Crippen molar-refractivity contribution in [1.29, 1.82) is 0 Å². The molecule has 0 aromatic heterocycles. The van der Waals surface area contributed by atoms with Crippen LogP contribution in [-0.2, 0) is 15.6 Å². The molecule has 20 heavy (non-hydrogen) atoms. The first-order chi connectivity index (χ1) is 9.29. The van der Waals surface area contributed by atoms with Crippen LogP contribution in [0.4, 0.5) is 10.1 Å². The van der Waals surface area contributed by atoms with Gasteiger partial charge in [-0.2, -0.15) is 0 Å². The molecule has 3 nitrogen and oxygen atoms in total. The van der Waals surface area contributed by atoms with Crippen LogP contribution in [0.2, 0.25) is 0 Å². The van der Waals surface area contributed by atoms with Crippen LogP contribution in [0, 0.1) is 5.82 Å². The maximum absolute atomic E-state index is 13.0. The molecule has 0 saturated heterocycles. The molecule has 0 fully saturated rings. The molecule has 2 rings (SSSR count). The highest BCUT2D eigenvalue weighted by molar-refractivity contribution is 9.10. The number of halogens is 3. The average Bonchev–Trinajstić information content (AvgIpc) is 2.35. The Balaban J connectivity index is 2.43. The monoisotopic (exact) mass is 421 g/mol. The van der Waals surface area contributed by atoms with E-state index in [1.165, 1.54) is 30.3 Å². The number of benzene rings is 2. The summed E-state index contributed by atoms with van der Waals surface area (Å²) in [6.07, 6.45) is 0. The van der Waals surface area contributed by atoms with E-state index in [0.717, 1.165) is 0 Å². The van der Waals surface area contributed by atoms with Crippen molar-refractivity contribution in [2.24, 2.45) is 0 Å². The number of hydrogen-bond donors (Lipinski definition) is 1. The standard InChI is InChI=1S/C13H10Br2FNO2S/c14-9-2-4-12(17)13(5-9)20(18,19)7-8-1-3-10(16)6-11(8)15/h1-6H,7,17H2. The fraction of sp³-hybridized carbons (Fsp3) is 0.0769. The van der Waals surface area contributed by atoms with Crippen LogP contribution in [0.3, 0.4) is 0 Å². The third-order valence-electron chi connectivity index (χ3n) is 2.67. The number of hydrogen-bond acceptors (Lipinski definition) is 3. The zero-order valence-electron chi connectivity index (χ0n) is 10.1. The van der Waals surface area contributed by atoms with Gasteiger partial charge in [0.05, 0.1) is 16.3 Å². The molecule has 0 bridgehead atoms. The zero-order valence-corrected chi connectivity index (χ0v) is 14.1. The van der Waals surface area contributed by atoms with Gasteiger partial charge in [-0.25, -0.2) is 12.8 Å². The van der Waals surface area contributed by atoms with Gasteiger partial charge in [0.1, 0.15) is 5.82 Å². The van der Waals surface area contributed by atoms with Crippen LogP contribution < -0.4 is 5.73 Å². The van der Waals surface area contributed by atoms with Crippen LogP contribution in [0.25, 0.3) is 0 Å². The van der Waals surface area contributed by atoms with Gasteiger partial charge in [-0.15, -0.1) is 0 Å². The normalized spacial score (nSPS) is 11.6. The third kappa shape index (κ3) is 3.39. The highest BCUT2D eigenvalue weighted by atomic mass is 79.9. The first kappa shape index (κ1) is 15.5. The van der Waals surface area contributed by atoms with Gasteiger partial charge < -0.3 is 5.73 Å². The Labute approximate surface area is 133 Å². The number of sulfone groups is 1. The minimum Gasteiger partial charge on any atom is -0.398 e. The summed E-state index contributed by atoms with van der Waals surface area (Å²) in [6.45, 7) is 0. The molecule has 0 aliphatic rings. The molecular weight excluding hydrogens is 413 g/mol. The van der Waals surface area contributed by atoms with Gasteiger partial charge >= 0.3 is 0 Å². The van der Waals surface area contributed by atoms with E-state index in [1.807, 2.05) is 0 Å². The maximum atomic E-state index is 13.0. The summed E-state index contributed by atoms with van der Waals surface area (Å²) >= 11 is 6.38. The lowest BCUT2D eigenvalue weighted by molar-refractivity contribution is 0.595. The van der Waals surface area contributed by atoms with Crippen LogP contribution in [0.15, 0.2) is 50.2 Å². The van der Waals surface area contributed by atoms with E-state index in [-0.39, 0.29) is 16.3 Å². The van der Waals surface area contributed by atoms with E-state index in [1.54, 1.807) is 6.07 Å². The SMILES string of the molecule is Nc1ccc(Br)cc1S(=O)(=O)Cc1ccc(F)cc1Br. The molecule has 106 valence electrons. The highest BCUT2D eigenvalue weighted by Crippen LogP contribution is 2.28. The Morgan fingerprint density at radius 3 is 2.45 bits per heavy atom. The van der Waals surface area contributed by atoms with E-state index < -0.39 is 15.7 Å². The third-order valence-corrected chi connectivity index (χ3v) is 5.62. The van der Waals surface area contributed by atoms with Crippen molar-refractivity contribution in [3.8, 4) is 0 Å². The molecule has 0 unspecified atom stereocenters. The number of anilines is 1. The number of rotatable bonds is 3. The van der Waals surface area contributed by atoms with Gasteiger partial charge in [-0.05, 0) is 35.9 Å². The summed E-state index contributed by atoms with van der Waals surface area (Å²) in [6, 6.07) is 8.54. The summed E-state index contributed by atoms with van der Waals surface area (Å²) in [7, 11) is -3.61. The topological polar surface area (TPSA) is 60.2 Å². The summed E-state index contributed by atoms with van der Waals surface area (Å²) in [5, 5.41) is 0. The van der Waals surface area contributed by atoms with Crippen molar-refractivity contribution >= 4 is 47.4 Å². The van der Waals surface area contributed by atoms with Crippen molar-refractivity contribution in [3.63, 3.8) is 0 Å². The van der Waals surface area contributed by atoms with Crippen molar-refractivity contribution in [2.75, 3.05) is 5.73 Å². The fourth-order valence-corrected chi connectivity index (χ4v) is 4.44. The smallest absolute Gasteiger partial charge is 0.184 e. The van der Waals surface area contributed by atoms with Crippen LogP contribution >= 0.6 is 31.9 Å². The first-order valence-corrected chi connectivity index (χ1v) is 8.75. The summed E-state index contributed by atoms with van der Waals surface area (Å²) in [5.41, 5.74) is 6.38. The molecule has 0 spiro atoms. The predicted octanol–water partition coefficient (Wildman–Crippen LogP) is 3.91. The Kier molecular flexibility index (Phi) is 4.51. The van der Waals surface area contributed by atoms with Crippen molar-refractivity contribution in [3.05, 3.63) is 56.7 Å². The minimum atomic E-state index is -3.61. The van der Waals surface area contributed by atoms with E-state index in [9.17, 15) is 12.8 Å². The van der Waals surface area contributed by atoms with Gasteiger partial charge in [-0.1, -0.05) is 37.9 Å². The van der Waals surface area contributed by atoms with Crippen LogP contribution in [0.5, 0.6) is 0 Å². The first-order valence-electron chi connectivity index (χ1n) is 5.51. The highest BCUT2D eigenvalue weighted by Gasteiger charge is 2.20. The Hall–Kier alpha value is -0.920. The van der Waals surface area contributed by atoms with Gasteiger partial charge in [0, 0.05) is 8.95 Å². The average molecular weight is 423 g/mol. The van der Waals surface area contributed by atoms with Crippen LogP contribution in [-0.4, -0.2) is 8.42 Å². The van der Waals surface area contributed by atoms with Crippen molar-refractivity contribution in [1.82, 2.24) is 0 Å². The molecule has 0 atom stereocenters. The Morgan fingerprint density at radius 2 is 1.80 bits per heavy atom. The Morgan fingerprint density at radius 1 is 1.10 bits per heavy atom. The number of nitrogens with two attached hydrogens (primary N) is 1. The van der Waals surface area contributed by atoms with Crippen molar-refractivity contribution in [2.45, 2.75) is 10.6 Å². The summed E-state index contributed by atoms with van der Waals surface area (Å²) in [4.78, 5) is 0.0584. The van der Waals surface area contributed by atoms with E-state index >= 15 is 0 Å². The number of nitrogen functional groups attached to an aromatic ring is 1. The summed E-state index contributed by atoms with van der Waals surface area (Å²) < 4.78 is 38.8. The molecular formula is C13H10Br2FNO2S. The van der Waals surface area contributed by atoms with Gasteiger partial charge in [0.2, 0.25) is 0 Å². The molecule has 2 aromatic rings. The van der Waals surface area contributed by atoms with Crippen LogP contribution in [0.1, 0.15) is 5.56 Å². The molecule has 0 heterocycles. The van der Waals surface area contributed by atoms with Gasteiger partial charge in [-0.3, -0.25) is 0 Å². The maximum Gasteiger partial charge on any atom is 0.184 e. The molecule has 2 aromatic carbocycles. The lowest BCUT2D eigenvalue weighted by Gasteiger charge is -2.09. The second-order valence-corrected chi connectivity index (χ2v) is 7.90. The predicted molar refractivity (Wildman–Crippen MR) is 83.5 cm³/mol. The Bertz CT molecular complexity index is 763. The summed E-state index contributed by atoms with van der Waals surface area (Å²) in [5.74, 6) is -0.686. The lowest BCUT2D eigenvalue weighted by Crippen LogP contribution is -2.08. The second kappa shape index (κ2) is 5.83. The molecule has 0 amide bonds. The van der Waals surface area contributed by atoms with Gasteiger partial charge in [0.15, 0.2) is 9.84 Å². The van der Waals surface area contributed by atoms with E-state index in [0.29, 0.717) is 14.5 Å². The molecule has 0 aliphatic carbocycles. The largest absolute Gasteiger partial charge is 0.398 e. The van der Waals surface area contributed by atoms with E-state index in [4.69, 9.17) is 5.73 Å². The molecule has 0 saturated carbocycles. The minimum absolute atomic E-state index is 0.0584. The zero-order chi connectivity index (χ0) is 14.9. The lowest BCUT2D eigenvalue weighted by atomic mass is 10.2. The van der Waals surface area contributed by atoms with E-state index in [2.05, 4.69) is 31.9 Å². The quantitative estimate of drug-likeness (QED) is 0.763. The molecule has 0 radical (unpaired) electrons.